The number of nitrogens with one attached hydrogen (secondary N) is 1. The van der Waals surface area contributed by atoms with Gasteiger partial charge in [0.2, 0.25) is 11.8 Å². The Morgan fingerprint density at radius 2 is 1.78 bits per heavy atom. The first-order valence-electron chi connectivity index (χ1n) is 11.3. The van der Waals surface area contributed by atoms with E-state index in [1.165, 1.54) is 0 Å². The first kappa shape index (κ1) is 22.6. The lowest BCUT2D eigenvalue weighted by Gasteiger charge is -2.32. The van der Waals surface area contributed by atoms with E-state index in [2.05, 4.69) is 20.1 Å². The highest BCUT2D eigenvalue weighted by Gasteiger charge is 2.26. The molecule has 32 heavy (non-hydrogen) atoms. The van der Waals surface area contributed by atoms with Gasteiger partial charge in [-0.25, -0.2) is 4.98 Å². The molecule has 1 aromatic heterocycles. The molecule has 2 aliphatic heterocycles. The predicted octanol–water partition coefficient (Wildman–Crippen LogP) is 3.29. The summed E-state index contributed by atoms with van der Waals surface area (Å²) in [7, 11) is 0. The summed E-state index contributed by atoms with van der Waals surface area (Å²) in [6.07, 6.45) is 5.12. The third kappa shape index (κ3) is 5.78. The number of anilines is 2. The van der Waals surface area contributed by atoms with Crippen molar-refractivity contribution in [2.45, 2.75) is 32.2 Å². The van der Waals surface area contributed by atoms with Crippen LogP contribution in [0.5, 0.6) is 0 Å². The number of nitrogens with zero attached hydrogens (tertiary/aromatic N) is 3. The second kappa shape index (κ2) is 10.3. The van der Waals surface area contributed by atoms with Crippen LogP contribution in [-0.2, 0) is 16.1 Å². The van der Waals surface area contributed by atoms with Gasteiger partial charge in [-0.2, -0.15) is 0 Å². The van der Waals surface area contributed by atoms with E-state index in [0.717, 1.165) is 75.5 Å². The molecule has 8 heteroatoms. The second-order valence-corrected chi connectivity index (χ2v) is 9.20. The van der Waals surface area contributed by atoms with Crippen LogP contribution < -0.4 is 16.0 Å². The molecule has 170 valence electrons. The van der Waals surface area contributed by atoms with Gasteiger partial charge in [0.15, 0.2) is 0 Å². The highest BCUT2D eigenvalue weighted by molar-refractivity contribution is 6.30. The monoisotopic (exact) mass is 455 g/mol. The SMILES string of the molecule is NC(=O)C1CCCN(Cc2ccc(NC(=O)C3CCN(c4ccc(Cl)cn4)CC3)cc2)C1. The Balaban J connectivity index is 1.25. The molecule has 0 aliphatic carbocycles. The number of hydrogen-bond donors (Lipinski definition) is 2. The van der Waals surface area contributed by atoms with Crippen LogP contribution in [0.2, 0.25) is 5.02 Å². The van der Waals surface area contributed by atoms with Gasteiger partial charge < -0.3 is 16.0 Å². The maximum absolute atomic E-state index is 12.7. The average Bonchev–Trinajstić information content (AvgIpc) is 2.81. The molecule has 4 rings (SSSR count). The number of aromatic nitrogens is 1. The molecule has 3 heterocycles. The van der Waals surface area contributed by atoms with Gasteiger partial charge in [-0.15, -0.1) is 0 Å². The summed E-state index contributed by atoms with van der Waals surface area (Å²) < 4.78 is 0. The fraction of sp³-hybridized carbons (Fsp3) is 0.458. The lowest BCUT2D eigenvalue weighted by Crippen LogP contribution is -2.40. The van der Waals surface area contributed by atoms with E-state index in [-0.39, 0.29) is 23.7 Å². The summed E-state index contributed by atoms with van der Waals surface area (Å²) in [5.41, 5.74) is 7.45. The molecule has 2 aliphatic rings. The van der Waals surface area contributed by atoms with E-state index in [4.69, 9.17) is 17.3 Å². The summed E-state index contributed by atoms with van der Waals surface area (Å²) in [4.78, 5) is 33.1. The third-order valence-corrected chi connectivity index (χ3v) is 6.66. The van der Waals surface area contributed by atoms with Crippen molar-refractivity contribution < 1.29 is 9.59 Å². The van der Waals surface area contributed by atoms with E-state index in [9.17, 15) is 9.59 Å². The van der Waals surface area contributed by atoms with Gasteiger partial charge in [-0.3, -0.25) is 14.5 Å². The van der Waals surface area contributed by atoms with E-state index in [1.807, 2.05) is 36.4 Å². The van der Waals surface area contributed by atoms with Crippen molar-refractivity contribution in [1.82, 2.24) is 9.88 Å². The fourth-order valence-electron chi connectivity index (χ4n) is 4.55. The van der Waals surface area contributed by atoms with Crippen molar-refractivity contribution >= 4 is 34.9 Å². The number of benzene rings is 1. The lowest BCUT2D eigenvalue weighted by atomic mass is 9.95. The Morgan fingerprint density at radius 1 is 1.03 bits per heavy atom. The first-order valence-corrected chi connectivity index (χ1v) is 11.6. The molecule has 7 nitrogen and oxygen atoms in total. The zero-order valence-corrected chi connectivity index (χ0v) is 18.9. The van der Waals surface area contributed by atoms with Crippen LogP contribution in [0.4, 0.5) is 11.5 Å². The van der Waals surface area contributed by atoms with Crippen molar-refractivity contribution in [3.63, 3.8) is 0 Å². The number of piperidine rings is 2. The van der Waals surface area contributed by atoms with Gasteiger partial charge in [0, 0.05) is 44.0 Å². The van der Waals surface area contributed by atoms with Crippen LogP contribution in [0.1, 0.15) is 31.2 Å². The lowest BCUT2D eigenvalue weighted by molar-refractivity contribution is -0.123. The first-order chi connectivity index (χ1) is 15.5. The van der Waals surface area contributed by atoms with Gasteiger partial charge in [-0.1, -0.05) is 23.7 Å². The Morgan fingerprint density at radius 3 is 2.44 bits per heavy atom. The van der Waals surface area contributed by atoms with Crippen LogP contribution in [0, 0.1) is 11.8 Å². The standard InChI is InChI=1S/C24H30ClN5O2/c25-20-5-8-22(27-14-20)30-12-9-18(10-13-30)24(32)28-21-6-3-17(4-7-21)15-29-11-1-2-19(16-29)23(26)31/h3-8,14,18-19H,1-2,9-13,15-16H2,(H2,26,31)(H,28,32). The summed E-state index contributed by atoms with van der Waals surface area (Å²) in [5, 5.41) is 3.69. The number of amides is 2. The molecular weight excluding hydrogens is 426 g/mol. The van der Waals surface area contributed by atoms with Gasteiger partial charge >= 0.3 is 0 Å². The van der Waals surface area contributed by atoms with Gasteiger partial charge in [-0.05, 0) is 62.1 Å². The summed E-state index contributed by atoms with van der Waals surface area (Å²) in [6.45, 7) is 4.08. The Bertz CT molecular complexity index is 926. The number of carbonyl (C=O) groups is 2. The molecule has 2 saturated heterocycles. The van der Waals surface area contributed by atoms with Crippen molar-refractivity contribution in [3.8, 4) is 0 Å². The number of halogens is 1. The number of nitrogens with two attached hydrogens (primary N) is 1. The van der Waals surface area contributed by atoms with Crippen LogP contribution in [0.3, 0.4) is 0 Å². The molecule has 2 aromatic rings. The van der Waals surface area contributed by atoms with Crippen LogP contribution >= 0.6 is 11.6 Å². The summed E-state index contributed by atoms with van der Waals surface area (Å²) >= 11 is 5.91. The molecule has 2 amide bonds. The van der Waals surface area contributed by atoms with Crippen LogP contribution in [0.25, 0.3) is 0 Å². The normalized spacial score (nSPS) is 20.2. The number of carbonyl (C=O) groups excluding carboxylic acids is 2. The molecule has 1 unspecified atom stereocenters. The van der Waals surface area contributed by atoms with E-state index >= 15 is 0 Å². The topological polar surface area (TPSA) is 91.6 Å². The molecule has 0 bridgehead atoms. The van der Waals surface area contributed by atoms with E-state index in [0.29, 0.717) is 5.02 Å². The zero-order valence-electron chi connectivity index (χ0n) is 18.2. The zero-order chi connectivity index (χ0) is 22.5. The molecule has 0 saturated carbocycles. The molecular formula is C24H30ClN5O2. The van der Waals surface area contributed by atoms with Crippen molar-refractivity contribution in [1.29, 1.82) is 0 Å². The number of hydrogen-bond acceptors (Lipinski definition) is 5. The maximum atomic E-state index is 12.7. The smallest absolute Gasteiger partial charge is 0.227 e. The maximum Gasteiger partial charge on any atom is 0.227 e. The number of primary amides is 1. The molecule has 0 radical (unpaired) electrons. The van der Waals surface area contributed by atoms with E-state index < -0.39 is 0 Å². The number of likely N-dealkylation sites (tertiary alicyclic amines) is 1. The van der Waals surface area contributed by atoms with Crippen molar-refractivity contribution in [2.24, 2.45) is 17.6 Å². The number of pyridine rings is 1. The van der Waals surface area contributed by atoms with Crippen LogP contribution in [-0.4, -0.2) is 47.9 Å². The Kier molecular flexibility index (Phi) is 7.27. The quantitative estimate of drug-likeness (QED) is 0.697. The average molecular weight is 456 g/mol. The molecule has 0 spiro atoms. The fourth-order valence-corrected chi connectivity index (χ4v) is 4.67. The van der Waals surface area contributed by atoms with Crippen molar-refractivity contribution in [3.05, 3.63) is 53.2 Å². The van der Waals surface area contributed by atoms with E-state index in [1.54, 1.807) is 6.20 Å². The molecule has 1 atom stereocenters. The minimum absolute atomic E-state index is 0.00249. The van der Waals surface area contributed by atoms with Gasteiger partial charge in [0.25, 0.3) is 0 Å². The summed E-state index contributed by atoms with van der Waals surface area (Å²) in [6, 6.07) is 11.7. The largest absolute Gasteiger partial charge is 0.369 e. The van der Waals surface area contributed by atoms with Crippen molar-refractivity contribution in [2.75, 3.05) is 36.4 Å². The van der Waals surface area contributed by atoms with Gasteiger partial charge in [0.1, 0.15) is 5.82 Å². The summed E-state index contributed by atoms with van der Waals surface area (Å²) in [5.74, 6) is 0.714. The molecule has 2 fully saturated rings. The van der Waals surface area contributed by atoms with Gasteiger partial charge in [0.05, 0.1) is 10.9 Å². The minimum atomic E-state index is -0.206. The third-order valence-electron chi connectivity index (χ3n) is 6.44. The highest BCUT2D eigenvalue weighted by atomic mass is 35.5. The Labute approximate surface area is 193 Å². The molecule has 1 aromatic carbocycles. The minimum Gasteiger partial charge on any atom is -0.369 e. The number of rotatable bonds is 6. The Hall–Kier alpha value is -2.64. The molecule has 3 N–H and O–H groups in total. The highest BCUT2D eigenvalue weighted by Crippen LogP contribution is 2.24. The predicted molar refractivity (Wildman–Crippen MR) is 126 cm³/mol. The second-order valence-electron chi connectivity index (χ2n) is 8.76. The van der Waals surface area contributed by atoms with Crippen LogP contribution in [0.15, 0.2) is 42.6 Å².